The molecule has 22 heavy (non-hydrogen) atoms. The van der Waals surface area contributed by atoms with E-state index >= 15 is 0 Å². The van der Waals surface area contributed by atoms with Gasteiger partial charge >= 0.3 is 12.0 Å². The third-order valence-corrected chi connectivity index (χ3v) is 3.65. The summed E-state index contributed by atoms with van der Waals surface area (Å²) in [7, 11) is 2.75. The Morgan fingerprint density at radius 3 is 2.59 bits per heavy atom. The van der Waals surface area contributed by atoms with E-state index in [-0.39, 0.29) is 12.5 Å². The van der Waals surface area contributed by atoms with Gasteiger partial charge in [0.25, 0.3) is 0 Å². The highest BCUT2D eigenvalue weighted by molar-refractivity contribution is 5.95. The lowest BCUT2D eigenvalue weighted by molar-refractivity contribution is -0.148. The smallest absolute Gasteiger partial charge is 0.323 e. The zero-order valence-corrected chi connectivity index (χ0v) is 12.6. The van der Waals surface area contributed by atoms with Gasteiger partial charge in [-0.2, -0.15) is 0 Å². The van der Waals surface area contributed by atoms with Crippen molar-refractivity contribution < 1.29 is 19.1 Å². The number of nitrogens with zero attached hydrogens (tertiary/aromatic N) is 1. The minimum Gasteiger partial charge on any atom is -0.468 e. The first-order chi connectivity index (χ1) is 10.5. The zero-order valence-electron chi connectivity index (χ0n) is 12.6. The van der Waals surface area contributed by atoms with Gasteiger partial charge in [-0.3, -0.25) is 19.8 Å². The second-order valence-corrected chi connectivity index (χ2v) is 5.04. The zero-order chi connectivity index (χ0) is 16.1. The first-order valence-electron chi connectivity index (χ1n) is 6.95. The molecular formula is C15H19N3O4. The van der Waals surface area contributed by atoms with E-state index in [9.17, 15) is 14.4 Å². The second kappa shape index (κ2) is 7.04. The van der Waals surface area contributed by atoms with Gasteiger partial charge in [0.1, 0.15) is 6.04 Å². The van der Waals surface area contributed by atoms with Gasteiger partial charge in [-0.05, 0) is 17.5 Å². The van der Waals surface area contributed by atoms with Crippen molar-refractivity contribution >= 4 is 17.9 Å². The summed E-state index contributed by atoms with van der Waals surface area (Å²) in [5, 5.41) is 4.51. The monoisotopic (exact) mass is 305 g/mol. The molecule has 0 aliphatic carbocycles. The molecule has 1 aliphatic rings. The molecule has 2 N–H and O–H groups in total. The van der Waals surface area contributed by atoms with E-state index in [2.05, 4.69) is 10.6 Å². The Balaban J connectivity index is 2.14. The number of carbonyl (C=O) groups excluding carboxylic acids is 3. The molecule has 1 aliphatic heterocycles. The lowest BCUT2D eigenvalue weighted by Crippen LogP contribution is -2.51. The summed E-state index contributed by atoms with van der Waals surface area (Å²) < 4.78 is 4.83. The van der Waals surface area contributed by atoms with Gasteiger partial charge in [0, 0.05) is 13.6 Å². The molecule has 0 spiro atoms. The molecule has 1 aromatic rings. The molecule has 0 fully saturated rings. The highest BCUT2D eigenvalue weighted by Gasteiger charge is 2.33. The quantitative estimate of drug-likeness (QED) is 0.770. The fraction of sp³-hybridized carbons (Fsp3) is 0.400. The molecule has 3 amide bonds. The van der Waals surface area contributed by atoms with Crippen molar-refractivity contribution in [3.8, 4) is 0 Å². The van der Waals surface area contributed by atoms with Gasteiger partial charge in [-0.1, -0.05) is 24.3 Å². The molecule has 1 atom stereocenters. The van der Waals surface area contributed by atoms with Gasteiger partial charge in [0.05, 0.1) is 13.7 Å². The number of methoxy groups -OCH3 is 1. The van der Waals surface area contributed by atoms with Crippen molar-refractivity contribution in [1.29, 1.82) is 0 Å². The molecule has 0 radical (unpaired) electrons. The van der Waals surface area contributed by atoms with Crippen molar-refractivity contribution in [2.45, 2.75) is 19.0 Å². The van der Waals surface area contributed by atoms with Crippen LogP contribution in [0.15, 0.2) is 24.3 Å². The van der Waals surface area contributed by atoms with Gasteiger partial charge in [-0.25, -0.2) is 4.79 Å². The first kappa shape index (κ1) is 16.0. The molecule has 0 saturated carbocycles. The number of benzene rings is 1. The number of hydrogen-bond donors (Lipinski definition) is 2. The fourth-order valence-electron chi connectivity index (χ4n) is 2.52. The Hall–Kier alpha value is -2.41. The molecule has 0 saturated heterocycles. The average molecular weight is 305 g/mol. The van der Waals surface area contributed by atoms with E-state index in [1.807, 2.05) is 24.3 Å². The van der Waals surface area contributed by atoms with Crippen LogP contribution in [-0.2, 0) is 27.3 Å². The predicted molar refractivity (Wildman–Crippen MR) is 79.0 cm³/mol. The van der Waals surface area contributed by atoms with Crippen LogP contribution in [0.25, 0.3) is 0 Å². The SMILES string of the molecule is CNC(=O)NC(=O)CN1Cc2ccccc2C[C@@H]1C(=O)OC. The maximum atomic E-state index is 12.0. The molecule has 0 bridgehead atoms. The Morgan fingerprint density at radius 1 is 1.27 bits per heavy atom. The molecule has 0 aromatic heterocycles. The van der Waals surface area contributed by atoms with Gasteiger partial charge < -0.3 is 10.1 Å². The largest absolute Gasteiger partial charge is 0.468 e. The van der Waals surface area contributed by atoms with Gasteiger partial charge in [-0.15, -0.1) is 0 Å². The van der Waals surface area contributed by atoms with E-state index in [1.165, 1.54) is 14.2 Å². The summed E-state index contributed by atoms with van der Waals surface area (Å²) in [6.45, 7) is 0.401. The maximum Gasteiger partial charge on any atom is 0.323 e. The lowest BCUT2D eigenvalue weighted by Gasteiger charge is -2.34. The first-order valence-corrected chi connectivity index (χ1v) is 6.95. The number of nitrogens with one attached hydrogen (secondary N) is 2. The van der Waals surface area contributed by atoms with Crippen LogP contribution in [0.1, 0.15) is 11.1 Å². The number of urea groups is 1. The third kappa shape index (κ3) is 3.62. The average Bonchev–Trinajstić information content (AvgIpc) is 2.53. The van der Waals surface area contributed by atoms with Crippen molar-refractivity contribution in [3.63, 3.8) is 0 Å². The number of esters is 1. The van der Waals surface area contributed by atoms with Gasteiger partial charge in [0.2, 0.25) is 5.91 Å². The van der Waals surface area contributed by atoms with Crippen LogP contribution in [0.2, 0.25) is 0 Å². The van der Waals surface area contributed by atoms with Crippen molar-refractivity contribution in [3.05, 3.63) is 35.4 Å². The minimum atomic E-state index is -0.572. The normalized spacial score (nSPS) is 17.3. The highest BCUT2D eigenvalue weighted by atomic mass is 16.5. The topological polar surface area (TPSA) is 87.7 Å². The Kier molecular flexibility index (Phi) is 5.11. The molecular weight excluding hydrogens is 286 g/mol. The van der Waals surface area contributed by atoms with Crippen LogP contribution >= 0.6 is 0 Å². The Morgan fingerprint density at radius 2 is 1.95 bits per heavy atom. The molecule has 118 valence electrons. The van der Waals surface area contributed by atoms with E-state index in [0.717, 1.165) is 11.1 Å². The Labute approximate surface area is 128 Å². The molecule has 7 heteroatoms. The van der Waals surface area contributed by atoms with Crippen LogP contribution in [0.4, 0.5) is 4.79 Å². The maximum absolute atomic E-state index is 12.0. The summed E-state index contributed by atoms with van der Waals surface area (Å²) in [6.07, 6.45) is 0.482. The number of rotatable bonds is 3. The van der Waals surface area contributed by atoms with Crippen LogP contribution in [-0.4, -0.2) is 49.6 Å². The second-order valence-electron chi connectivity index (χ2n) is 5.04. The molecule has 1 aromatic carbocycles. The lowest BCUT2D eigenvalue weighted by atomic mass is 9.94. The summed E-state index contributed by atoms with van der Waals surface area (Å²) >= 11 is 0. The molecule has 2 rings (SSSR count). The van der Waals surface area contributed by atoms with Crippen LogP contribution in [0.3, 0.4) is 0 Å². The van der Waals surface area contributed by atoms with E-state index in [1.54, 1.807) is 4.90 Å². The summed E-state index contributed by atoms with van der Waals surface area (Å²) in [5.41, 5.74) is 2.14. The summed E-state index contributed by atoms with van der Waals surface area (Å²) in [6, 6.07) is 6.66. The number of fused-ring (bicyclic) bond motifs is 1. The van der Waals surface area contributed by atoms with E-state index in [4.69, 9.17) is 4.74 Å². The highest BCUT2D eigenvalue weighted by Crippen LogP contribution is 2.23. The number of amides is 3. The molecule has 1 heterocycles. The Bertz CT molecular complexity index is 588. The van der Waals surface area contributed by atoms with Crippen molar-refractivity contribution in [2.24, 2.45) is 0 Å². The minimum absolute atomic E-state index is 0.0540. The summed E-state index contributed by atoms with van der Waals surface area (Å²) in [4.78, 5) is 36.8. The van der Waals surface area contributed by atoms with Crippen LogP contribution < -0.4 is 10.6 Å². The van der Waals surface area contributed by atoms with Gasteiger partial charge in [0.15, 0.2) is 0 Å². The number of imide groups is 1. The van der Waals surface area contributed by atoms with Crippen LogP contribution in [0.5, 0.6) is 0 Å². The van der Waals surface area contributed by atoms with Crippen molar-refractivity contribution in [1.82, 2.24) is 15.5 Å². The molecule has 7 nitrogen and oxygen atoms in total. The standard InChI is InChI=1S/C15H19N3O4/c1-16-15(21)17-13(19)9-18-8-11-6-4-3-5-10(11)7-12(18)14(20)22-2/h3-6,12H,7-9H2,1-2H3,(H2,16,17,19,21)/t12-/m1/s1. The third-order valence-electron chi connectivity index (χ3n) is 3.65. The molecule has 0 unspecified atom stereocenters. The van der Waals surface area contributed by atoms with E-state index < -0.39 is 18.0 Å². The number of hydrogen-bond acceptors (Lipinski definition) is 5. The number of ether oxygens (including phenoxy) is 1. The van der Waals surface area contributed by atoms with Crippen molar-refractivity contribution in [2.75, 3.05) is 20.7 Å². The summed E-state index contributed by atoms with van der Waals surface area (Å²) in [5.74, 6) is -0.852. The van der Waals surface area contributed by atoms with Crippen LogP contribution in [0, 0.1) is 0 Å². The van der Waals surface area contributed by atoms with E-state index in [0.29, 0.717) is 13.0 Å². The number of carbonyl (C=O) groups is 3. The fourth-order valence-corrected chi connectivity index (χ4v) is 2.52. The predicted octanol–water partition coefficient (Wildman–Crippen LogP) is 0.0419.